The molecular weight excluding hydrogens is 997 g/mol. The maximum absolute atomic E-state index is 12.0. The standard InChI is InChI=1S/C15H23NO5S.C12H22N2O4.C8H17NO3.C7H14N2O2.C4H7NO2.ClH.Na.H/c1-12-6-8-13(9-7-12)22(18,19)20-11-10-16(5)14(17)21-15(2,3)4;1-12(2,3)18-11(16)13(4)5-6-14-7-8-17-9-10(14)15;1-8(2,3)12-7(11)9(4)5-6-10;1-8-2-3-9-4-5-11-6-7(9)10;6-4-3-7-2-1-5-4;;;/h6-9H,10-11H2,1-5H3;5-9H2,1-4H3;10H,5-6H2,1-4H3;8H,2-6H2,1H3;1-3H2,(H,5,6);1H;;/q;;;;;;+1;-1. The smallest absolute Gasteiger partial charge is 1.00 e. The molecule has 3 saturated heterocycles. The second-order valence-electron chi connectivity index (χ2n) is 18.9. The molecule has 72 heavy (non-hydrogen) atoms. The van der Waals surface area contributed by atoms with Gasteiger partial charge in [0.2, 0.25) is 17.7 Å². The van der Waals surface area contributed by atoms with Gasteiger partial charge in [0.05, 0.1) is 37.9 Å². The van der Waals surface area contributed by atoms with E-state index in [0.29, 0.717) is 52.5 Å². The van der Waals surface area contributed by atoms with Crippen LogP contribution in [0, 0.1) is 6.92 Å². The molecule has 1 aromatic carbocycles. The van der Waals surface area contributed by atoms with Crippen LogP contribution in [0.4, 0.5) is 14.4 Å². The molecule has 0 unspecified atom stereocenters. The summed E-state index contributed by atoms with van der Waals surface area (Å²) in [5.41, 5.74) is -0.607. The summed E-state index contributed by atoms with van der Waals surface area (Å²) in [6.07, 6.45) is -1.30. The summed E-state index contributed by atoms with van der Waals surface area (Å²) < 4.78 is 59.1. The van der Waals surface area contributed by atoms with Crippen LogP contribution in [0.2, 0.25) is 0 Å². The van der Waals surface area contributed by atoms with E-state index in [1.54, 1.807) is 72.7 Å². The summed E-state index contributed by atoms with van der Waals surface area (Å²) in [7, 11) is 2.84. The Morgan fingerprint density at radius 1 is 0.708 bits per heavy atom. The number of carbonyl (C=O) groups excluding carboxylic acids is 6. The van der Waals surface area contributed by atoms with E-state index >= 15 is 0 Å². The van der Waals surface area contributed by atoms with Crippen LogP contribution in [0.25, 0.3) is 0 Å². The van der Waals surface area contributed by atoms with E-state index in [1.807, 2.05) is 39.6 Å². The first-order valence-corrected chi connectivity index (χ1v) is 24.4. The minimum absolute atomic E-state index is 0. The van der Waals surface area contributed by atoms with E-state index in [9.17, 15) is 37.2 Å². The fourth-order valence-electron chi connectivity index (χ4n) is 5.07. The number of nitrogens with one attached hydrogen (secondary N) is 2. The molecule has 414 valence electrons. The molecule has 0 saturated carbocycles. The van der Waals surface area contributed by atoms with E-state index in [2.05, 4.69) is 10.6 Å². The minimum atomic E-state index is -3.81. The number of hydrogen-bond donors (Lipinski definition) is 3. The van der Waals surface area contributed by atoms with Gasteiger partial charge in [-0.2, -0.15) is 8.42 Å². The van der Waals surface area contributed by atoms with E-state index in [-0.39, 0.29) is 112 Å². The van der Waals surface area contributed by atoms with Crippen molar-refractivity contribution in [1.82, 2.24) is 35.1 Å². The van der Waals surface area contributed by atoms with E-state index in [0.717, 1.165) is 25.2 Å². The van der Waals surface area contributed by atoms with Crippen molar-refractivity contribution in [2.24, 2.45) is 0 Å². The summed E-state index contributed by atoms with van der Waals surface area (Å²) in [5.74, 6) is 0.0663. The average molecular weight is 1080 g/mol. The number of rotatable bonds is 13. The quantitative estimate of drug-likeness (QED) is 0.132. The SMILES string of the molecule is CN(CCN1CCOCC1=O)C(=O)OC(C)(C)C.CN(CCO)C(=O)OC(C)(C)C.CNCCN1CCOCC1=O.Cc1ccc(S(=O)(=O)OCCN(C)C(=O)OC(C)(C)C)cc1.Cl.O=C1COCCN1.[H-].[Na+]. The molecule has 0 bridgehead atoms. The van der Waals surface area contributed by atoms with Crippen LogP contribution >= 0.6 is 12.4 Å². The van der Waals surface area contributed by atoms with Crippen LogP contribution in [0.5, 0.6) is 0 Å². The van der Waals surface area contributed by atoms with Crippen LogP contribution in [-0.2, 0) is 57.1 Å². The molecule has 3 aliphatic heterocycles. The van der Waals surface area contributed by atoms with Crippen LogP contribution in [0.3, 0.4) is 0 Å². The first-order valence-electron chi connectivity index (χ1n) is 23.0. The first kappa shape index (κ1) is 72.7. The predicted molar refractivity (Wildman–Crippen MR) is 269 cm³/mol. The third kappa shape index (κ3) is 36.4. The largest absolute Gasteiger partial charge is 1.00 e. The monoisotopic (exact) mass is 1080 g/mol. The molecule has 0 spiro atoms. The number of aryl methyl sites for hydroxylation is 1. The number of benzene rings is 1. The number of hydrogen-bond acceptors (Lipinski definition) is 17. The van der Waals surface area contributed by atoms with Gasteiger partial charge < -0.3 is 70.1 Å². The molecule has 0 aliphatic carbocycles. The Balaban J connectivity index is -0.000000422. The normalized spacial score (nSPS) is 14.7. The fraction of sp³-hybridized carbons (Fsp3) is 0.739. The molecule has 1 aromatic rings. The molecule has 6 amide bonds. The number of morpholine rings is 3. The van der Waals surface area contributed by atoms with Crippen molar-refractivity contribution >= 4 is 58.5 Å². The fourth-order valence-corrected chi connectivity index (χ4v) is 5.97. The van der Waals surface area contributed by atoms with E-state index in [4.69, 9.17) is 37.7 Å². The number of nitrogens with zero attached hydrogens (tertiary/aromatic N) is 5. The summed E-state index contributed by atoms with van der Waals surface area (Å²) in [6.45, 7) is 25.4. The number of halogens is 1. The Hall–Kier alpha value is -3.56. The van der Waals surface area contributed by atoms with Gasteiger partial charge in [0.15, 0.2) is 0 Å². The van der Waals surface area contributed by atoms with Gasteiger partial charge in [0.1, 0.15) is 36.6 Å². The van der Waals surface area contributed by atoms with Gasteiger partial charge in [-0.3, -0.25) is 18.6 Å². The Morgan fingerprint density at radius 2 is 1.12 bits per heavy atom. The summed E-state index contributed by atoms with van der Waals surface area (Å²) >= 11 is 0. The van der Waals surface area contributed by atoms with Gasteiger partial charge in [-0.05, 0) is 88.4 Å². The molecule has 23 nitrogen and oxygen atoms in total. The number of aliphatic hydroxyl groups is 1. The second-order valence-corrected chi connectivity index (χ2v) is 20.5. The van der Waals surface area contributed by atoms with Gasteiger partial charge in [0.25, 0.3) is 10.1 Å². The zero-order valence-electron chi connectivity index (χ0n) is 46.5. The van der Waals surface area contributed by atoms with Crippen LogP contribution in [0.15, 0.2) is 29.2 Å². The van der Waals surface area contributed by atoms with E-state index < -0.39 is 39.1 Å². The second kappa shape index (κ2) is 37.2. The van der Waals surface area contributed by atoms with Crippen LogP contribution in [-0.4, -0.2) is 231 Å². The summed E-state index contributed by atoms with van der Waals surface area (Å²) in [4.78, 5) is 75.0. The topological polar surface area (TPSA) is 262 Å². The van der Waals surface area contributed by atoms with Gasteiger partial charge in [-0.25, -0.2) is 14.4 Å². The Labute approximate surface area is 457 Å². The zero-order valence-corrected chi connectivity index (χ0v) is 49.1. The molecular formula is C46H85ClN7NaO16S. The van der Waals surface area contributed by atoms with Gasteiger partial charge in [-0.1, -0.05) is 17.7 Å². The van der Waals surface area contributed by atoms with Crippen molar-refractivity contribution < 1.29 is 106 Å². The van der Waals surface area contributed by atoms with Crippen molar-refractivity contribution in [3.63, 3.8) is 0 Å². The summed E-state index contributed by atoms with van der Waals surface area (Å²) in [5, 5.41) is 14.2. The molecule has 4 rings (SSSR count). The van der Waals surface area contributed by atoms with Crippen LogP contribution in [0.1, 0.15) is 69.3 Å². The minimum Gasteiger partial charge on any atom is -1.00 e. The zero-order chi connectivity index (χ0) is 53.7. The van der Waals surface area contributed by atoms with Gasteiger partial charge in [0, 0.05) is 80.0 Å². The number of aliphatic hydroxyl groups excluding tert-OH is 1. The predicted octanol–water partition coefficient (Wildman–Crippen LogP) is -0.139. The van der Waals surface area contributed by atoms with Crippen molar-refractivity contribution in [3.05, 3.63) is 29.8 Å². The van der Waals surface area contributed by atoms with Crippen molar-refractivity contribution in [2.45, 2.75) is 90.9 Å². The molecule has 0 atom stereocenters. The molecule has 26 heteroatoms. The Morgan fingerprint density at radius 3 is 1.49 bits per heavy atom. The maximum atomic E-state index is 12.0. The first-order chi connectivity index (χ1) is 32.4. The molecule has 3 aliphatic rings. The Kier molecular flexibility index (Phi) is 37.6. The number of carbonyl (C=O) groups is 6. The number of ether oxygens (including phenoxy) is 6. The van der Waals surface area contributed by atoms with Crippen molar-refractivity contribution in [3.8, 4) is 0 Å². The number of likely N-dealkylation sites (N-methyl/N-ethyl adjacent to an activating group) is 4. The van der Waals surface area contributed by atoms with Crippen molar-refractivity contribution in [2.75, 3.05) is 140 Å². The Bertz CT molecular complexity index is 1850. The third-order valence-electron chi connectivity index (χ3n) is 8.83. The number of amides is 6. The van der Waals surface area contributed by atoms with Crippen LogP contribution < -0.4 is 40.2 Å². The maximum Gasteiger partial charge on any atom is 1.00 e. The molecule has 0 radical (unpaired) electrons. The van der Waals surface area contributed by atoms with Gasteiger partial charge >= 0.3 is 47.8 Å². The molecule has 3 fully saturated rings. The average Bonchev–Trinajstić information content (AvgIpc) is 3.25. The third-order valence-corrected chi connectivity index (χ3v) is 10.2. The molecule has 3 heterocycles. The van der Waals surface area contributed by atoms with Gasteiger partial charge in [-0.15, -0.1) is 12.4 Å². The van der Waals surface area contributed by atoms with E-state index in [1.165, 1.54) is 33.9 Å². The van der Waals surface area contributed by atoms with Crippen molar-refractivity contribution in [1.29, 1.82) is 0 Å². The molecule has 0 aromatic heterocycles. The molecule has 3 N–H and O–H groups in total. The summed E-state index contributed by atoms with van der Waals surface area (Å²) in [6, 6.07) is 6.37.